The molecule has 0 bridgehead atoms. The van der Waals surface area contributed by atoms with Gasteiger partial charge in [0.1, 0.15) is 11.9 Å². The molecule has 154 valence electrons. The Balaban J connectivity index is 1.81. The minimum atomic E-state index is -0.812. The molecular weight excluding hydrogens is 361 g/mol. The van der Waals surface area contributed by atoms with Crippen LogP contribution >= 0.6 is 0 Å². The fraction of sp³-hybridized carbons (Fsp3) is 0.571. The summed E-state index contributed by atoms with van der Waals surface area (Å²) in [5.74, 6) is -1.93. The largest absolute Gasteiger partial charge is 0.354 e. The van der Waals surface area contributed by atoms with E-state index >= 15 is 0 Å². The van der Waals surface area contributed by atoms with Crippen LogP contribution in [0.5, 0.6) is 0 Å². The highest BCUT2D eigenvalue weighted by Gasteiger charge is 2.25. The van der Waals surface area contributed by atoms with Crippen molar-refractivity contribution < 1.29 is 18.8 Å². The van der Waals surface area contributed by atoms with Gasteiger partial charge in [-0.3, -0.25) is 14.4 Å². The lowest BCUT2D eigenvalue weighted by atomic mass is 9.95. The number of amides is 3. The lowest BCUT2D eigenvalue weighted by molar-refractivity contribution is -0.124. The van der Waals surface area contributed by atoms with E-state index in [0.717, 1.165) is 25.7 Å². The van der Waals surface area contributed by atoms with Crippen LogP contribution in [-0.2, 0) is 9.59 Å². The van der Waals surface area contributed by atoms with Gasteiger partial charge in [0.05, 0.1) is 5.56 Å². The number of benzene rings is 1. The van der Waals surface area contributed by atoms with E-state index in [1.165, 1.54) is 24.6 Å². The average Bonchev–Trinajstić information content (AvgIpc) is 2.66. The summed E-state index contributed by atoms with van der Waals surface area (Å²) in [4.78, 5) is 36.8. The zero-order valence-corrected chi connectivity index (χ0v) is 16.6. The number of halogens is 1. The van der Waals surface area contributed by atoms with Crippen molar-refractivity contribution in [1.29, 1.82) is 0 Å². The molecule has 0 saturated heterocycles. The monoisotopic (exact) mass is 391 g/mol. The molecule has 0 aliphatic heterocycles. The summed E-state index contributed by atoms with van der Waals surface area (Å²) in [6.45, 7) is 3.78. The SMILES string of the molecule is CC(C)C(NC(=O)c1ccccc1F)C(=O)NCCC(=O)NC1CCCCC1. The topological polar surface area (TPSA) is 87.3 Å². The van der Waals surface area contributed by atoms with Gasteiger partial charge >= 0.3 is 0 Å². The van der Waals surface area contributed by atoms with Crippen LogP contribution in [0.3, 0.4) is 0 Å². The van der Waals surface area contributed by atoms with E-state index in [2.05, 4.69) is 16.0 Å². The zero-order chi connectivity index (χ0) is 20.5. The van der Waals surface area contributed by atoms with Crippen molar-refractivity contribution in [3.05, 3.63) is 35.6 Å². The van der Waals surface area contributed by atoms with Crippen molar-refractivity contribution in [2.24, 2.45) is 5.92 Å². The Hall–Kier alpha value is -2.44. The van der Waals surface area contributed by atoms with Crippen LogP contribution in [0.4, 0.5) is 4.39 Å². The molecule has 0 heterocycles. The quantitative estimate of drug-likeness (QED) is 0.636. The molecule has 1 fully saturated rings. The molecule has 0 aromatic heterocycles. The molecule has 1 unspecified atom stereocenters. The van der Waals surface area contributed by atoms with Crippen LogP contribution in [0.25, 0.3) is 0 Å². The third kappa shape index (κ3) is 6.62. The van der Waals surface area contributed by atoms with Gasteiger partial charge in [-0.15, -0.1) is 0 Å². The van der Waals surface area contributed by atoms with E-state index in [4.69, 9.17) is 0 Å². The summed E-state index contributed by atoms with van der Waals surface area (Å²) in [6.07, 6.45) is 5.70. The number of carbonyl (C=O) groups excluding carboxylic acids is 3. The van der Waals surface area contributed by atoms with Gasteiger partial charge in [0.2, 0.25) is 11.8 Å². The van der Waals surface area contributed by atoms with Crippen LogP contribution < -0.4 is 16.0 Å². The van der Waals surface area contributed by atoms with Gasteiger partial charge in [-0.2, -0.15) is 0 Å². The Morgan fingerprint density at radius 2 is 1.79 bits per heavy atom. The van der Waals surface area contributed by atoms with Crippen LogP contribution in [0, 0.1) is 11.7 Å². The minimum absolute atomic E-state index is 0.0799. The van der Waals surface area contributed by atoms with E-state index in [9.17, 15) is 18.8 Å². The van der Waals surface area contributed by atoms with Gasteiger partial charge in [-0.1, -0.05) is 45.2 Å². The first-order valence-electron chi connectivity index (χ1n) is 10.0. The molecule has 28 heavy (non-hydrogen) atoms. The lowest BCUT2D eigenvalue weighted by Crippen LogP contribution is -2.50. The van der Waals surface area contributed by atoms with Crippen LogP contribution in [0.1, 0.15) is 62.7 Å². The van der Waals surface area contributed by atoms with Crippen LogP contribution in [0.2, 0.25) is 0 Å². The Labute approximate surface area is 165 Å². The molecule has 7 heteroatoms. The van der Waals surface area contributed by atoms with Crippen molar-refractivity contribution in [2.45, 2.75) is 64.5 Å². The Morgan fingerprint density at radius 3 is 2.43 bits per heavy atom. The maximum absolute atomic E-state index is 13.8. The van der Waals surface area contributed by atoms with Crippen molar-refractivity contribution in [1.82, 2.24) is 16.0 Å². The molecular formula is C21H30FN3O3. The number of hydrogen-bond donors (Lipinski definition) is 3. The summed E-state index contributed by atoms with van der Waals surface area (Å²) < 4.78 is 13.8. The lowest BCUT2D eigenvalue weighted by Gasteiger charge is -2.23. The summed E-state index contributed by atoms with van der Waals surface area (Å²) in [5, 5.41) is 8.28. The Bertz CT molecular complexity index is 687. The number of carbonyl (C=O) groups is 3. The van der Waals surface area contributed by atoms with E-state index in [-0.39, 0.29) is 42.3 Å². The molecule has 6 nitrogen and oxygen atoms in total. The van der Waals surface area contributed by atoms with E-state index in [0.29, 0.717) is 0 Å². The standard InChI is InChI=1S/C21H30FN3O3/c1-14(2)19(25-20(27)16-10-6-7-11-17(16)22)21(28)23-13-12-18(26)24-15-8-4-3-5-9-15/h6-7,10-11,14-15,19H,3-5,8-9,12-13H2,1-2H3,(H,23,28)(H,24,26)(H,25,27). The average molecular weight is 391 g/mol. The molecule has 3 N–H and O–H groups in total. The van der Waals surface area contributed by atoms with Crippen molar-refractivity contribution in [3.8, 4) is 0 Å². The van der Waals surface area contributed by atoms with Gasteiger partial charge in [-0.05, 0) is 30.9 Å². The molecule has 2 rings (SSSR count). The summed E-state index contributed by atoms with van der Waals surface area (Å²) >= 11 is 0. The maximum Gasteiger partial charge on any atom is 0.254 e. The van der Waals surface area contributed by atoms with Crippen LogP contribution in [0.15, 0.2) is 24.3 Å². The normalized spacial score (nSPS) is 15.7. The number of hydrogen-bond acceptors (Lipinski definition) is 3. The number of nitrogens with one attached hydrogen (secondary N) is 3. The summed E-state index contributed by atoms with van der Waals surface area (Å²) in [7, 11) is 0. The van der Waals surface area contributed by atoms with E-state index in [1.54, 1.807) is 19.9 Å². The maximum atomic E-state index is 13.8. The molecule has 0 radical (unpaired) electrons. The van der Waals surface area contributed by atoms with Crippen molar-refractivity contribution in [3.63, 3.8) is 0 Å². The third-order valence-electron chi connectivity index (χ3n) is 4.98. The highest BCUT2D eigenvalue weighted by Crippen LogP contribution is 2.17. The van der Waals surface area contributed by atoms with Crippen LogP contribution in [-0.4, -0.2) is 36.3 Å². The molecule has 1 saturated carbocycles. The predicted octanol–water partition coefficient (Wildman–Crippen LogP) is 2.54. The second-order valence-electron chi connectivity index (χ2n) is 7.62. The third-order valence-corrected chi connectivity index (χ3v) is 4.98. The molecule has 1 aromatic rings. The van der Waals surface area contributed by atoms with Crippen molar-refractivity contribution >= 4 is 17.7 Å². The Morgan fingerprint density at radius 1 is 1.11 bits per heavy atom. The minimum Gasteiger partial charge on any atom is -0.354 e. The highest BCUT2D eigenvalue weighted by molar-refractivity contribution is 5.97. The summed E-state index contributed by atoms with van der Waals surface area (Å²) in [6, 6.07) is 5.05. The van der Waals surface area contributed by atoms with Gasteiger partial charge in [0.25, 0.3) is 5.91 Å². The fourth-order valence-corrected chi connectivity index (χ4v) is 3.36. The van der Waals surface area contributed by atoms with E-state index in [1.807, 2.05) is 0 Å². The first-order chi connectivity index (χ1) is 13.4. The first-order valence-corrected chi connectivity index (χ1v) is 10.0. The second kappa shape index (κ2) is 10.8. The molecule has 1 aliphatic carbocycles. The zero-order valence-electron chi connectivity index (χ0n) is 16.6. The summed E-state index contributed by atoms with van der Waals surface area (Å²) in [5.41, 5.74) is -0.104. The molecule has 1 atom stereocenters. The molecule has 1 aromatic carbocycles. The highest BCUT2D eigenvalue weighted by atomic mass is 19.1. The number of rotatable bonds is 8. The van der Waals surface area contributed by atoms with Gasteiger partial charge in [0.15, 0.2) is 0 Å². The molecule has 3 amide bonds. The fourth-order valence-electron chi connectivity index (χ4n) is 3.36. The smallest absolute Gasteiger partial charge is 0.254 e. The second-order valence-corrected chi connectivity index (χ2v) is 7.62. The van der Waals surface area contributed by atoms with E-state index < -0.39 is 17.8 Å². The van der Waals surface area contributed by atoms with Crippen molar-refractivity contribution in [2.75, 3.05) is 6.54 Å². The predicted molar refractivity (Wildman–Crippen MR) is 105 cm³/mol. The van der Waals surface area contributed by atoms with Gasteiger partial charge in [0, 0.05) is 19.0 Å². The Kier molecular flexibility index (Phi) is 8.42. The van der Waals surface area contributed by atoms with Gasteiger partial charge in [-0.25, -0.2) is 4.39 Å². The van der Waals surface area contributed by atoms with Gasteiger partial charge < -0.3 is 16.0 Å². The molecule has 1 aliphatic rings. The molecule has 0 spiro atoms. The first kappa shape index (κ1) is 21.9.